The largest absolute Gasteiger partial charge is 0.482 e. The zero-order chi connectivity index (χ0) is 19.1. The summed E-state index contributed by atoms with van der Waals surface area (Å²) in [5.41, 5.74) is 3.14. The molecule has 1 aromatic heterocycles. The molecule has 27 heavy (non-hydrogen) atoms. The summed E-state index contributed by atoms with van der Waals surface area (Å²) in [4.78, 5) is 26.7. The van der Waals surface area contributed by atoms with Crippen LogP contribution >= 0.6 is 0 Å². The minimum absolute atomic E-state index is 0.229. The zero-order valence-corrected chi connectivity index (χ0v) is 15.2. The van der Waals surface area contributed by atoms with Crippen LogP contribution in [0.1, 0.15) is 11.1 Å². The Kier molecular flexibility index (Phi) is 6.10. The van der Waals surface area contributed by atoms with E-state index in [1.807, 2.05) is 55.6 Å². The lowest BCUT2D eigenvalue weighted by Crippen LogP contribution is -2.31. The standard InChI is InChI=1S/C21H22N2O4/c1-15-6-2-5-9-19(15)26-14-21(25)27-13-20(24)22-11-10-16-12-23-18-8-4-3-7-17(16)18/h2-9,12,23H,10-11,13-14H2,1H3,(H,22,24). The SMILES string of the molecule is Cc1ccccc1OCC(=O)OCC(=O)NCCc1c[nH]c2ccccc12. The van der Waals surface area contributed by atoms with Crippen molar-refractivity contribution in [3.8, 4) is 5.75 Å². The van der Waals surface area contributed by atoms with E-state index in [1.165, 1.54) is 0 Å². The fraction of sp³-hybridized carbons (Fsp3) is 0.238. The van der Waals surface area contributed by atoms with Gasteiger partial charge in [0.2, 0.25) is 0 Å². The lowest BCUT2D eigenvalue weighted by molar-refractivity contribution is -0.150. The van der Waals surface area contributed by atoms with Crippen LogP contribution in [0.25, 0.3) is 10.9 Å². The Balaban J connectivity index is 1.36. The molecule has 0 unspecified atom stereocenters. The molecule has 0 aliphatic carbocycles. The molecule has 0 saturated carbocycles. The highest BCUT2D eigenvalue weighted by Crippen LogP contribution is 2.17. The van der Waals surface area contributed by atoms with E-state index in [1.54, 1.807) is 6.07 Å². The molecule has 0 atom stereocenters. The summed E-state index contributed by atoms with van der Waals surface area (Å²) in [5.74, 6) is -0.290. The Bertz CT molecular complexity index is 933. The van der Waals surface area contributed by atoms with Crippen LogP contribution in [0.15, 0.2) is 54.7 Å². The van der Waals surface area contributed by atoms with Crippen LogP contribution in [0.2, 0.25) is 0 Å². The molecule has 2 N–H and O–H groups in total. The first-order valence-corrected chi connectivity index (χ1v) is 8.79. The Morgan fingerprint density at radius 1 is 1.04 bits per heavy atom. The number of ether oxygens (including phenoxy) is 2. The molecule has 2 aromatic carbocycles. The molecule has 0 aliphatic heterocycles. The molecule has 0 bridgehead atoms. The fourth-order valence-electron chi connectivity index (χ4n) is 2.77. The quantitative estimate of drug-likeness (QED) is 0.601. The molecular weight excluding hydrogens is 344 g/mol. The van der Waals surface area contributed by atoms with Crippen LogP contribution in [0.4, 0.5) is 0 Å². The number of fused-ring (bicyclic) bond motifs is 1. The molecular formula is C21H22N2O4. The van der Waals surface area contributed by atoms with E-state index in [9.17, 15) is 9.59 Å². The molecule has 1 amide bonds. The summed E-state index contributed by atoms with van der Waals surface area (Å²) < 4.78 is 10.3. The van der Waals surface area contributed by atoms with Crippen molar-refractivity contribution in [1.82, 2.24) is 10.3 Å². The molecule has 0 saturated heterocycles. The molecule has 6 heteroatoms. The normalized spacial score (nSPS) is 10.6. The predicted molar refractivity (Wildman–Crippen MR) is 103 cm³/mol. The van der Waals surface area contributed by atoms with Gasteiger partial charge in [0.1, 0.15) is 5.75 Å². The first kappa shape index (κ1) is 18.5. The third-order valence-electron chi connectivity index (χ3n) is 4.19. The summed E-state index contributed by atoms with van der Waals surface area (Å²) in [6, 6.07) is 15.4. The number of H-pyrrole nitrogens is 1. The number of hydrogen-bond acceptors (Lipinski definition) is 4. The summed E-state index contributed by atoms with van der Waals surface area (Å²) in [6.07, 6.45) is 2.64. The first-order valence-electron chi connectivity index (χ1n) is 8.79. The zero-order valence-electron chi connectivity index (χ0n) is 15.2. The highest BCUT2D eigenvalue weighted by Gasteiger charge is 2.09. The van der Waals surface area contributed by atoms with E-state index < -0.39 is 5.97 Å². The number of hydrogen-bond donors (Lipinski definition) is 2. The fourth-order valence-corrected chi connectivity index (χ4v) is 2.77. The monoisotopic (exact) mass is 366 g/mol. The summed E-state index contributed by atoms with van der Waals surface area (Å²) in [6.45, 7) is 1.82. The highest BCUT2D eigenvalue weighted by molar-refractivity contribution is 5.83. The van der Waals surface area contributed by atoms with Gasteiger partial charge in [0.25, 0.3) is 5.91 Å². The van der Waals surface area contributed by atoms with Crippen LogP contribution in [-0.2, 0) is 20.7 Å². The average Bonchev–Trinajstić information content (AvgIpc) is 3.09. The van der Waals surface area contributed by atoms with E-state index >= 15 is 0 Å². The summed E-state index contributed by atoms with van der Waals surface area (Å²) >= 11 is 0. The van der Waals surface area contributed by atoms with Crippen molar-refractivity contribution in [2.24, 2.45) is 0 Å². The van der Waals surface area contributed by atoms with Gasteiger partial charge in [-0.05, 0) is 36.6 Å². The van der Waals surface area contributed by atoms with Gasteiger partial charge in [0.05, 0.1) is 0 Å². The van der Waals surface area contributed by atoms with Crippen molar-refractivity contribution in [3.63, 3.8) is 0 Å². The number of para-hydroxylation sites is 2. The second-order valence-corrected chi connectivity index (χ2v) is 6.17. The molecule has 6 nitrogen and oxygen atoms in total. The van der Waals surface area contributed by atoms with Gasteiger partial charge < -0.3 is 19.8 Å². The minimum atomic E-state index is -0.579. The van der Waals surface area contributed by atoms with E-state index in [0.717, 1.165) is 22.0 Å². The number of aromatic nitrogens is 1. The number of rotatable bonds is 8. The number of benzene rings is 2. The summed E-state index contributed by atoms with van der Waals surface area (Å²) in [7, 11) is 0. The van der Waals surface area contributed by atoms with Crippen molar-refractivity contribution >= 4 is 22.8 Å². The van der Waals surface area contributed by atoms with Gasteiger partial charge in [0.15, 0.2) is 13.2 Å². The third-order valence-corrected chi connectivity index (χ3v) is 4.19. The van der Waals surface area contributed by atoms with E-state index in [0.29, 0.717) is 18.7 Å². The van der Waals surface area contributed by atoms with Crippen LogP contribution < -0.4 is 10.1 Å². The lowest BCUT2D eigenvalue weighted by atomic mass is 10.1. The molecule has 0 aliphatic rings. The Morgan fingerprint density at radius 2 is 1.81 bits per heavy atom. The van der Waals surface area contributed by atoms with Gasteiger partial charge in [-0.15, -0.1) is 0 Å². The van der Waals surface area contributed by atoms with Crippen LogP contribution in [0.3, 0.4) is 0 Å². The minimum Gasteiger partial charge on any atom is -0.482 e. The molecule has 0 spiro atoms. The van der Waals surface area contributed by atoms with Crippen LogP contribution in [-0.4, -0.2) is 36.6 Å². The number of nitrogens with one attached hydrogen (secondary N) is 2. The van der Waals surface area contributed by atoms with Crippen molar-refractivity contribution < 1.29 is 19.1 Å². The predicted octanol–water partition coefficient (Wildman–Crippen LogP) is 2.76. The molecule has 3 rings (SSSR count). The summed E-state index contributed by atoms with van der Waals surface area (Å²) in [5, 5.41) is 3.90. The number of esters is 1. The molecule has 140 valence electrons. The van der Waals surface area contributed by atoms with Crippen LogP contribution in [0, 0.1) is 6.92 Å². The van der Waals surface area contributed by atoms with E-state index in [4.69, 9.17) is 9.47 Å². The van der Waals surface area contributed by atoms with Crippen LogP contribution in [0.5, 0.6) is 5.75 Å². The molecule has 0 radical (unpaired) electrons. The highest BCUT2D eigenvalue weighted by atomic mass is 16.6. The van der Waals surface area contributed by atoms with Gasteiger partial charge in [-0.25, -0.2) is 4.79 Å². The Labute approximate surface area is 157 Å². The Morgan fingerprint density at radius 3 is 2.67 bits per heavy atom. The first-order chi connectivity index (χ1) is 13.1. The van der Waals surface area contributed by atoms with E-state index in [2.05, 4.69) is 10.3 Å². The third kappa shape index (κ3) is 5.10. The molecule has 1 heterocycles. The van der Waals surface area contributed by atoms with E-state index in [-0.39, 0.29) is 19.1 Å². The van der Waals surface area contributed by atoms with Crippen molar-refractivity contribution in [2.45, 2.75) is 13.3 Å². The van der Waals surface area contributed by atoms with Gasteiger partial charge in [-0.2, -0.15) is 0 Å². The van der Waals surface area contributed by atoms with Gasteiger partial charge in [0, 0.05) is 23.6 Å². The second-order valence-electron chi connectivity index (χ2n) is 6.17. The number of amides is 1. The molecule has 0 fully saturated rings. The topological polar surface area (TPSA) is 80.4 Å². The number of carbonyl (C=O) groups excluding carboxylic acids is 2. The smallest absolute Gasteiger partial charge is 0.344 e. The van der Waals surface area contributed by atoms with Crippen molar-refractivity contribution in [1.29, 1.82) is 0 Å². The number of aryl methyl sites for hydroxylation is 1. The lowest BCUT2D eigenvalue weighted by Gasteiger charge is -2.09. The Hall–Kier alpha value is -3.28. The van der Waals surface area contributed by atoms with Crippen molar-refractivity contribution in [2.75, 3.05) is 19.8 Å². The number of aromatic amines is 1. The average molecular weight is 366 g/mol. The van der Waals surface area contributed by atoms with Gasteiger partial charge in [-0.3, -0.25) is 4.79 Å². The van der Waals surface area contributed by atoms with Gasteiger partial charge in [-0.1, -0.05) is 36.4 Å². The maximum atomic E-state index is 11.8. The number of carbonyl (C=O) groups is 2. The maximum Gasteiger partial charge on any atom is 0.344 e. The molecule has 3 aromatic rings. The van der Waals surface area contributed by atoms with Crippen molar-refractivity contribution in [3.05, 3.63) is 65.9 Å². The maximum absolute atomic E-state index is 11.8. The second kappa shape index (κ2) is 8.89. The van der Waals surface area contributed by atoms with Gasteiger partial charge >= 0.3 is 5.97 Å².